The van der Waals surface area contributed by atoms with E-state index < -0.39 is 0 Å². The predicted octanol–water partition coefficient (Wildman–Crippen LogP) is 3.15. The van der Waals surface area contributed by atoms with E-state index in [2.05, 4.69) is 0 Å². The number of rotatable bonds is 8. The van der Waals surface area contributed by atoms with Crippen molar-refractivity contribution in [3.05, 3.63) is 35.1 Å². The van der Waals surface area contributed by atoms with Crippen LogP contribution in [-0.4, -0.2) is 12.3 Å². The summed E-state index contributed by atoms with van der Waals surface area (Å²) in [5, 5.41) is 0. The summed E-state index contributed by atoms with van der Waals surface area (Å²) >= 11 is 0. The summed E-state index contributed by atoms with van der Waals surface area (Å²) < 4.78 is 13.1. The molecular formula is C15H22FNO. The molecule has 0 bridgehead atoms. The zero-order valence-electron chi connectivity index (χ0n) is 11.0. The second-order valence-electron chi connectivity index (χ2n) is 4.74. The van der Waals surface area contributed by atoms with Crippen molar-refractivity contribution < 1.29 is 9.18 Å². The number of hydrogen-bond acceptors (Lipinski definition) is 2. The van der Waals surface area contributed by atoms with Crippen molar-refractivity contribution in [3.8, 4) is 0 Å². The molecule has 0 saturated heterocycles. The third kappa shape index (κ3) is 5.41. The Morgan fingerprint density at radius 2 is 1.94 bits per heavy atom. The monoisotopic (exact) mass is 251 g/mol. The highest BCUT2D eigenvalue weighted by molar-refractivity contribution is 5.81. The van der Waals surface area contributed by atoms with E-state index in [0.717, 1.165) is 43.4 Å². The molecule has 0 aliphatic heterocycles. The fraction of sp³-hybridized carbons (Fsp3) is 0.533. The van der Waals surface area contributed by atoms with Crippen LogP contribution in [0.2, 0.25) is 0 Å². The van der Waals surface area contributed by atoms with Gasteiger partial charge in [0.1, 0.15) is 11.6 Å². The van der Waals surface area contributed by atoms with Gasteiger partial charge < -0.3 is 5.73 Å². The molecule has 0 heterocycles. The average molecular weight is 251 g/mol. The van der Waals surface area contributed by atoms with Crippen LogP contribution in [0, 0.1) is 12.7 Å². The van der Waals surface area contributed by atoms with Crippen molar-refractivity contribution >= 4 is 5.78 Å². The molecule has 18 heavy (non-hydrogen) atoms. The first-order chi connectivity index (χ1) is 8.63. The molecule has 1 aromatic rings. The minimum Gasteiger partial charge on any atom is -0.330 e. The standard InChI is InChI=1S/C15H22FNO/c1-12-7-8-14(16)10-13(12)11-15(18)6-4-2-3-5-9-17/h7-8,10H,2-6,9,11,17H2,1H3. The Hall–Kier alpha value is -1.22. The lowest BCUT2D eigenvalue weighted by Crippen LogP contribution is -2.05. The van der Waals surface area contributed by atoms with Gasteiger partial charge in [0, 0.05) is 12.8 Å². The van der Waals surface area contributed by atoms with Crippen LogP contribution >= 0.6 is 0 Å². The summed E-state index contributed by atoms with van der Waals surface area (Å²) in [4.78, 5) is 11.8. The highest BCUT2D eigenvalue weighted by Crippen LogP contribution is 2.13. The van der Waals surface area contributed by atoms with Crippen molar-refractivity contribution in [2.75, 3.05) is 6.54 Å². The first-order valence-electron chi connectivity index (χ1n) is 6.60. The van der Waals surface area contributed by atoms with Gasteiger partial charge in [0.05, 0.1) is 0 Å². The largest absolute Gasteiger partial charge is 0.330 e. The summed E-state index contributed by atoms with van der Waals surface area (Å²) in [6.07, 6.45) is 5.00. The molecule has 100 valence electrons. The first kappa shape index (κ1) is 14.8. The molecule has 0 saturated carbocycles. The van der Waals surface area contributed by atoms with Gasteiger partial charge >= 0.3 is 0 Å². The van der Waals surface area contributed by atoms with Crippen LogP contribution in [0.1, 0.15) is 43.2 Å². The fourth-order valence-electron chi connectivity index (χ4n) is 1.95. The van der Waals surface area contributed by atoms with E-state index in [1.54, 1.807) is 6.07 Å². The number of carbonyl (C=O) groups excluding carboxylic acids is 1. The zero-order valence-corrected chi connectivity index (χ0v) is 11.0. The Balaban J connectivity index is 2.33. The van der Waals surface area contributed by atoms with E-state index in [4.69, 9.17) is 5.73 Å². The Morgan fingerprint density at radius 1 is 1.22 bits per heavy atom. The van der Waals surface area contributed by atoms with Crippen LogP contribution in [0.4, 0.5) is 4.39 Å². The summed E-state index contributed by atoms with van der Waals surface area (Å²) in [6, 6.07) is 4.61. The normalized spacial score (nSPS) is 10.6. The van der Waals surface area contributed by atoms with Gasteiger partial charge in [-0.2, -0.15) is 0 Å². The second kappa shape index (κ2) is 7.98. The number of ketones is 1. The van der Waals surface area contributed by atoms with Gasteiger partial charge in [-0.15, -0.1) is 0 Å². The van der Waals surface area contributed by atoms with Crippen LogP contribution < -0.4 is 5.73 Å². The molecule has 0 aliphatic carbocycles. The Kier molecular flexibility index (Phi) is 6.58. The molecule has 0 fully saturated rings. The quantitative estimate of drug-likeness (QED) is 0.721. The van der Waals surface area contributed by atoms with Crippen LogP contribution in [0.25, 0.3) is 0 Å². The summed E-state index contributed by atoms with van der Waals surface area (Å²) in [6.45, 7) is 2.62. The summed E-state index contributed by atoms with van der Waals surface area (Å²) in [5.41, 5.74) is 7.19. The van der Waals surface area contributed by atoms with Crippen LogP contribution in [0.15, 0.2) is 18.2 Å². The molecule has 2 N–H and O–H groups in total. The Morgan fingerprint density at radius 3 is 2.67 bits per heavy atom. The maximum absolute atomic E-state index is 13.1. The minimum atomic E-state index is -0.272. The molecule has 0 atom stereocenters. The van der Waals surface area contributed by atoms with Crippen LogP contribution in [0.5, 0.6) is 0 Å². The second-order valence-corrected chi connectivity index (χ2v) is 4.74. The van der Waals surface area contributed by atoms with Gasteiger partial charge in [-0.1, -0.05) is 18.9 Å². The maximum Gasteiger partial charge on any atom is 0.137 e. The van der Waals surface area contributed by atoms with Gasteiger partial charge in [0.15, 0.2) is 0 Å². The number of nitrogens with two attached hydrogens (primary N) is 1. The van der Waals surface area contributed by atoms with Gasteiger partial charge in [0.25, 0.3) is 0 Å². The number of carbonyl (C=O) groups is 1. The molecule has 0 unspecified atom stereocenters. The summed E-state index contributed by atoms with van der Waals surface area (Å²) in [7, 11) is 0. The highest BCUT2D eigenvalue weighted by atomic mass is 19.1. The third-order valence-electron chi connectivity index (χ3n) is 3.11. The molecule has 0 radical (unpaired) electrons. The van der Waals surface area contributed by atoms with Crippen molar-refractivity contribution in [2.45, 2.75) is 45.4 Å². The Bertz CT molecular complexity index is 390. The van der Waals surface area contributed by atoms with E-state index in [1.165, 1.54) is 12.1 Å². The van der Waals surface area contributed by atoms with Gasteiger partial charge in [-0.3, -0.25) is 4.79 Å². The van der Waals surface area contributed by atoms with E-state index in [1.807, 2.05) is 6.92 Å². The van der Waals surface area contributed by atoms with Crippen molar-refractivity contribution in [2.24, 2.45) is 5.73 Å². The molecule has 0 spiro atoms. The smallest absolute Gasteiger partial charge is 0.137 e. The van der Waals surface area contributed by atoms with Gasteiger partial charge in [-0.25, -0.2) is 4.39 Å². The lowest BCUT2D eigenvalue weighted by molar-refractivity contribution is -0.118. The van der Waals surface area contributed by atoms with E-state index in [0.29, 0.717) is 12.8 Å². The van der Waals surface area contributed by atoms with Crippen molar-refractivity contribution in [1.29, 1.82) is 0 Å². The number of benzene rings is 1. The molecule has 0 aromatic heterocycles. The molecule has 1 aromatic carbocycles. The van der Waals surface area contributed by atoms with E-state index >= 15 is 0 Å². The lowest BCUT2D eigenvalue weighted by Gasteiger charge is -2.05. The SMILES string of the molecule is Cc1ccc(F)cc1CC(=O)CCCCCCN. The first-order valence-corrected chi connectivity index (χ1v) is 6.60. The third-order valence-corrected chi connectivity index (χ3v) is 3.11. The minimum absolute atomic E-state index is 0.191. The van der Waals surface area contributed by atoms with Crippen LogP contribution in [-0.2, 0) is 11.2 Å². The number of halogens is 1. The molecule has 0 aliphatic rings. The van der Waals surface area contributed by atoms with Gasteiger partial charge in [0.2, 0.25) is 0 Å². The molecule has 1 rings (SSSR count). The van der Waals surface area contributed by atoms with E-state index in [-0.39, 0.29) is 11.6 Å². The fourth-order valence-corrected chi connectivity index (χ4v) is 1.95. The maximum atomic E-state index is 13.1. The molecule has 2 nitrogen and oxygen atoms in total. The lowest BCUT2D eigenvalue weighted by atomic mass is 10.00. The van der Waals surface area contributed by atoms with Gasteiger partial charge in [-0.05, 0) is 49.6 Å². The zero-order chi connectivity index (χ0) is 13.4. The van der Waals surface area contributed by atoms with Crippen LogP contribution in [0.3, 0.4) is 0 Å². The topological polar surface area (TPSA) is 43.1 Å². The predicted molar refractivity (Wildman–Crippen MR) is 72.0 cm³/mol. The average Bonchev–Trinajstić information content (AvgIpc) is 2.33. The molecular weight excluding hydrogens is 229 g/mol. The van der Waals surface area contributed by atoms with Crippen molar-refractivity contribution in [3.63, 3.8) is 0 Å². The number of aryl methyl sites for hydroxylation is 1. The molecule has 3 heteroatoms. The Labute approximate surface area is 108 Å². The number of unbranched alkanes of at least 4 members (excludes halogenated alkanes) is 3. The van der Waals surface area contributed by atoms with Crippen molar-refractivity contribution in [1.82, 2.24) is 0 Å². The highest BCUT2D eigenvalue weighted by Gasteiger charge is 2.07. The summed E-state index contributed by atoms with van der Waals surface area (Å²) in [5.74, 6) is -0.0807. The number of Topliss-reactive ketones (excluding diaryl/α,β-unsaturated/α-hetero) is 1. The number of hydrogen-bond donors (Lipinski definition) is 1. The van der Waals surface area contributed by atoms with E-state index in [9.17, 15) is 9.18 Å². The molecule has 0 amide bonds.